The second kappa shape index (κ2) is 9.41. The first-order chi connectivity index (χ1) is 14.7. The van der Waals surface area contributed by atoms with Gasteiger partial charge in [-0.25, -0.2) is 4.98 Å². The minimum absolute atomic E-state index is 0.00336. The number of carbonyl (C=O) groups is 1. The van der Waals surface area contributed by atoms with Gasteiger partial charge in [-0.1, -0.05) is 42.5 Å². The van der Waals surface area contributed by atoms with E-state index in [0.29, 0.717) is 23.1 Å². The average Bonchev–Trinajstić information content (AvgIpc) is 3.24. The maximum absolute atomic E-state index is 12.8. The summed E-state index contributed by atoms with van der Waals surface area (Å²) in [6.07, 6.45) is 3.50. The van der Waals surface area contributed by atoms with Gasteiger partial charge in [0.05, 0.1) is 25.0 Å². The third-order valence-corrected chi connectivity index (χ3v) is 5.18. The molecule has 30 heavy (non-hydrogen) atoms. The summed E-state index contributed by atoms with van der Waals surface area (Å²) in [6, 6.07) is 21.0. The van der Waals surface area contributed by atoms with E-state index in [1.807, 2.05) is 42.5 Å². The van der Waals surface area contributed by atoms with Gasteiger partial charge in [0.1, 0.15) is 0 Å². The molecular formula is C24H25N3O3. The normalized spacial score (nSPS) is 16.2. The predicted octanol–water partition coefficient (Wildman–Crippen LogP) is 4.49. The summed E-state index contributed by atoms with van der Waals surface area (Å²) >= 11 is 0. The van der Waals surface area contributed by atoms with Crippen molar-refractivity contribution < 1.29 is 14.3 Å². The highest BCUT2D eigenvalue weighted by Crippen LogP contribution is 2.30. The Morgan fingerprint density at radius 1 is 1.07 bits per heavy atom. The number of ether oxygens (including phenoxy) is 2. The van der Waals surface area contributed by atoms with Crippen molar-refractivity contribution in [3.8, 4) is 17.4 Å². The quantitative estimate of drug-likeness (QED) is 0.630. The van der Waals surface area contributed by atoms with E-state index in [0.717, 1.165) is 25.9 Å². The molecule has 2 heterocycles. The van der Waals surface area contributed by atoms with Crippen LogP contribution in [0.4, 0.5) is 5.69 Å². The second-order valence-corrected chi connectivity index (χ2v) is 7.24. The van der Waals surface area contributed by atoms with E-state index in [2.05, 4.69) is 27.3 Å². The number of benzene rings is 2. The molecule has 0 aliphatic carbocycles. The smallest absolute Gasteiger partial charge is 0.241 e. The molecule has 6 heteroatoms. The SMILES string of the molecule is COc1ccccc1Oc1ccc(NC(=O)[C@@H]2CCCN2Cc2ccccc2)cn1. The van der Waals surface area contributed by atoms with Crippen LogP contribution >= 0.6 is 0 Å². The number of pyridine rings is 1. The lowest BCUT2D eigenvalue weighted by Gasteiger charge is -2.23. The molecule has 0 bridgehead atoms. The van der Waals surface area contributed by atoms with E-state index in [-0.39, 0.29) is 11.9 Å². The summed E-state index contributed by atoms with van der Waals surface area (Å²) in [6.45, 7) is 1.71. The van der Waals surface area contributed by atoms with Crippen molar-refractivity contribution in [2.75, 3.05) is 19.0 Å². The molecule has 1 aromatic heterocycles. The molecule has 0 saturated carbocycles. The van der Waals surface area contributed by atoms with Crippen LogP contribution in [0, 0.1) is 0 Å². The van der Waals surface area contributed by atoms with Gasteiger partial charge in [-0.3, -0.25) is 9.69 Å². The maximum Gasteiger partial charge on any atom is 0.241 e. The Balaban J connectivity index is 1.37. The van der Waals surface area contributed by atoms with Gasteiger partial charge in [-0.2, -0.15) is 0 Å². The first kappa shape index (κ1) is 19.9. The molecule has 154 valence electrons. The number of methoxy groups -OCH3 is 1. The highest BCUT2D eigenvalue weighted by atomic mass is 16.5. The van der Waals surface area contributed by atoms with Gasteiger partial charge in [-0.05, 0) is 43.1 Å². The van der Waals surface area contributed by atoms with Crippen molar-refractivity contribution in [2.24, 2.45) is 0 Å². The average molecular weight is 403 g/mol. The third kappa shape index (κ3) is 4.78. The predicted molar refractivity (Wildman–Crippen MR) is 116 cm³/mol. The molecule has 0 unspecified atom stereocenters. The van der Waals surface area contributed by atoms with Crippen LogP contribution in [0.1, 0.15) is 18.4 Å². The Labute approximate surface area is 176 Å². The first-order valence-electron chi connectivity index (χ1n) is 10.1. The molecule has 1 atom stereocenters. The summed E-state index contributed by atoms with van der Waals surface area (Å²) in [4.78, 5) is 19.4. The summed E-state index contributed by atoms with van der Waals surface area (Å²) in [7, 11) is 1.60. The lowest BCUT2D eigenvalue weighted by atomic mass is 10.1. The standard InChI is InChI=1S/C24H25N3O3/c1-29-21-11-5-6-12-22(21)30-23-14-13-19(16-25-23)26-24(28)20-10-7-15-27(20)17-18-8-3-2-4-9-18/h2-6,8-9,11-14,16,20H,7,10,15,17H2,1H3,(H,26,28)/t20-/m0/s1. The highest BCUT2D eigenvalue weighted by molar-refractivity contribution is 5.94. The van der Waals surface area contributed by atoms with Crippen LogP contribution in [0.5, 0.6) is 17.4 Å². The summed E-state index contributed by atoms with van der Waals surface area (Å²) < 4.78 is 11.1. The molecule has 4 rings (SSSR count). The molecule has 1 N–H and O–H groups in total. The Morgan fingerprint density at radius 2 is 1.83 bits per heavy atom. The lowest BCUT2D eigenvalue weighted by Crippen LogP contribution is -2.39. The number of hydrogen-bond acceptors (Lipinski definition) is 5. The minimum atomic E-state index is -0.130. The third-order valence-electron chi connectivity index (χ3n) is 5.18. The van der Waals surface area contributed by atoms with Crippen molar-refractivity contribution in [1.29, 1.82) is 0 Å². The van der Waals surface area contributed by atoms with Gasteiger partial charge in [0.2, 0.25) is 11.8 Å². The number of para-hydroxylation sites is 2. The Morgan fingerprint density at radius 3 is 2.57 bits per heavy atom. The summed E-state index contributed by atoms with van der Waals surface area (Å²) in [5, 5.41) is 2.99. The highest BCUT2D eigenvalue weighted by Gasteiger charge is 2.30. The van der Waals surface area contributed by atoms with Crippen molar-refractivity contribution in [3.63, 3.8) is 0 Å². The summed E-state index contributed by atoms with van der Waals surface area (Å²) in [5.74, 6) is 1.66. The van der Waals surface area contributed by atoms with Gasteiger partial charge in [0.25, 0.3) is 0 Å². The van der Waals surface area contributed by atoms with Gasteiger partial charge in [0.15, 0.2) is 11.5 Å². The Bertz CT molecular complexity index is 977. The van der Waals surface area contributed by atoms with E-state index in [4.69, 9.17) is 9.47 Å². The number of likely N-dealkylation sites (tertiary alicyclic amines) is 1. The molecule has 1 saturated heterocycles. The molecule has 1 fully saturated rings. The van der Waals surface area contributed by atoms with Crippen LogP contribution in [0.25, 0.3) is 0 Å². The van der Waals surface area contributed by atoms with E-state index in [1.165, 1.54) is 5.56 Å². The van der Waals surface area contributed by atoms with Crippen LogP contribution in [-0.2, 0) is 11.3 Å². The van der Waals surface area contributed by atoms with Gasteiger partial charge in [0, 0.05) is 12.6 Å². The molecule has 0 spiro atoms. The monoisotopic (exact) mass is 403 g/mol. The van der Waals surface area contributed by atoms with Crippen molar-refractivity contribution in [2.45, 2.75) is 25.4 Å². The Kier molecular flexibility index (Phi) is 6.25. The van der Waals surface area contributed by atoms with Gasteiger partial charge < -0.3 is 14.8 Å². The van der Waals surface area contributed by atoms with Gasteiger partial charge in [-0.15, -0.1) is 0 Å². The number of rotatable bonds is 7. The van der Waals surface area contributed by atoms with Crippen LogP contribution in [-0.4, -0.2) is 35.5 Å². The fourth-order valence-corrected chi connectivity index (χ4v) is 3.69. The number of nitrogens with zero attached hydrogens (tertiary/aromatic N) is 2. The maximum atomic E-state index is 12.8. The minimum Gasteiger partial charge on any atom is -0.493 e. The zero-order valence-corrected chi connectivity index (χ0v) is 17.0. The molecule has 1 aliphatic heterocycles. The van der Waals surface area contributed by atoms with Crippen molar-refractivity contribution in [1.82, 2.24) is 9.88 Å². The van der Waals surface area contributed by atoms with Crippen LogP contribution in [0.3, 0.4) is 0 Å². The van der Waals surface area contributed by atoms with Crippen molar-refractivity contribution >= 4 is 11.6 Å². The van der Waals surface area contributed by atoms with Crippen LogP contribution in [0.2, 0.25) is 0 Å². The largest absolute Gasteiger partial charge is 0.493 e. The van der Waals surface area contributed by atoms with Crippen LogP contribution in [0.15, 0.2) is 72.9 Å². The molecule has 1 aliphatic rings. The zero-order valence-electron chi connectivity index (χ0n) is 17.0. The van der Waals surface area contributed by atoms with Crippen LogP contribution < -0.4 is 14.8 Å². The van der Waals surface area contributed by atoms with Gasteiger partial charge >= 0.3 is 0 Å². The number of amides is 1. The number of carbonyl (C=O) groups excluding carboxylic acids is 1. The molecule has 1 amide bonds. The number of anilines is 1. The molecule has 6 nitrogen and oxygen atoms in total. The zero-order chi connectivity index (χ0) is 20.8. The molecule has 0 radical (unpaired) electrons. The lowest BCUT2D eigenvalue weighted by molar-refractivity contribution is -0.120. The molecule has 2 aromatic carbocycles. The van der Waals surface area contributed by atoms with E-state index < -0.39 is 0 Å². The fourth-order valence-electron chi connectivity index (χ4n) is 3.69. The van der Waals surface area contributed by atoms with E-state index in [9.17, 15) is 4.79 Å². The topological polar surface area (TPSA) is 63.7 Å². The number of nitrogens with one attached hydrogen (secondary N) is 1. The first-order valence-corrected chi connectivity index (χ1v) is 10.1. The van der Waals surface area contributed by atoms with E-state index >= 15 is 0 Å². The number of aromatic nitrogens is 1. The van der Waals surface area contributed by atoms with Crippen molar-refractivity contribution in [3.05, 3.63) is 78.5 Å². The number of hydrogen-bond donors (Lipinski definition) is 1. The fraction of sp³-hybridized carbons (Fsp3) is 0.250. The van der Waals surface area contributed by atoms with E-state index in [1.54, 1.807) is 25.4 Å². The molecular weight excluding hydrogens is 378 g/mol. The summed E-state index contributed by atoms with van der Waals surface area (Å²) in [5.41, 5.74) is 1.87. The second-order valence-electron chi connectivity index (χ2n) is 7.24. The molecule has 3 aromatic rings. The Hall–Kier alpha value is -3.38.